The Morgan fingerprint density at radius 3 is 2.57 bits per heavy atom. The van der Waals surface area contributed by atoms with Gasteiger partial charge in [-0.3, -0.25) is 14.9 Å². The van der Waals surface area contributed by atoms with Crippen molar-refractivity contribution in [3.8, 4) is 11.5 Å². The van der Waals surface area contributed by atoms with Gasteiger partial charge in [0.1, 0.15) is 5.54 Å². The molecule has 0 saturated carbocycles. The smallest absolute Gasteiger partial charge is 0.346 e. The van der Waals surface area contributed by atoms with Crippen molar-refractivity contribution in [1.82, 2.24) is 10.3 Å². The number of ether oxygens (including phenoxy) is 2. The van der Waals surface area contributed by atoms with Crippen molar-refractivity contribution >= 4 is 23.8 Å². The van der Waals surface area contributed by atoms with Crippen LogP contribution in [0.25, 0.3) is 0 Å². The number of imide groups is 1. The van der Waals surface area contributed by atoms with E-state index in [2.05, 4.69) is 10.4 Å². The van der Waals surface area contributed by atoms with E-state index in [0.717, 1.165) is 6.21 Å². The number of carbonyl (C=O) groups is 2. The number of nitro benzene ring substituents is 1. The maximum atomic E-state index is 12.8. The number of nitro groups is 1. The second-order valence-electron chi connectivity index (χ2n) is 6.30. The topological polar surface area (TPSA) is 123 Å². The number of hydrogen-bond donors (Lipinski definition) is 1. The SMILES string of the molecule is C[C@]1(c2ccccc2)NC(=O)N(/N=C\c2cc3c(cc2[N+](=O)[O-])OCO3)C1=O. The van der Waals surface area contributed by atoms with Crippen molar-refractivity contribution in [3.63, 3.8) is 0 Å². The van der Waals surface area contributed by atoms with Crippen LogP contribution in [0.5, 0.6) is 11.5 Å². The predicted octanol–water partition coefficient (Wildman–Crippen LogP) is 2.12. The molecule has 2 aromatic carbocycles. The monoisotopic (exact) mass is 382 g/mol. The normalized spacial score (nSPS) is 20.7. The summed E-state index contributed by atoms with van der Waals surface area (Å²) in [6.07, 6.45) is 1.08. The minimum absolute atomic E-state index is 0.0461. The minimum atomic E-state index is -1.28. The Morgan fingerprint density at radius 1 is 1.21 bits per heavy atom. The lowest BCUT2D eigenvalue weighted by atomic mass is 9.92. The molecule has 10 nitrogen and oxygen atoms in total. The first-order valence-corrected chi connectivity index (χ1v) is 8.24. The molecule has 10 heteroatoms. The number of hydrogen-bond acceptors (Lipinski definition) is 7. The van der Waals surface area contributed by atoms with Gasteiger partial charge in [0.15, 0.2) is 11.5 Å². The molecule has 0 aromatic heterocycles. The highest BCUT2D eigenvalue weighted by molar-refractivity contribution is 6.07. The lowest BCUT2D eigenvalue weighted by molar-refractivity contribution is -0.385. The van der Waals surface area contributed by atoms with Crippen LogP contribution in [0.2, 0.25) is 0 Å². The summed E-state index contributed by atoms with van der Waals surface area (Å²) in [5, 5.41) is 18.5. The Balaban J connectivity index is 1.66. The van der Waals surface area contributed by atoms with Crippen molar-refractivity contribution in [2.24, 2.45) is 5.10 Å². The second-order valence-corrected chi connectivity index (χ2v) is 6.30. The summed E-state index contributed by atoms with van der Waals surface area (Å²) < 4.78 is 10.3. The number of nitrogens with zero attached hydrogens (tertiary/aromatic N) is 3. The van der Waals surface area contributed by atoms with Crippen LogP contribution >= 0.6 is 0 Å². The molecule has 2 aliphatic rings. The summed E-state index contributed by atoms with van der Waals surface area (Å²) in [7, 11) is 0. The molecule has 3 amide bonds. The van der Waals surface area contributed by atoms with E-state index in [9.17, 15) is 19.7 Å². The van der Waals surface area contributed by atoms with Gasteiger partial charge < -0.3 is 14.8 Å². The molecule has 28 heavy (non-hydrogen) atoms. The summed E-state index contributed by atoms with van der Waals surface area (Å²) >= 11 is 0. The second kappa shape index (κ2) is 6.34. The van der Waals surface area contributed by atoms with Crippen molar-refractivity contribution in [1.29, 1.82) is 0 Å². The molecule has 0 radical (unpaired) electrons. The molecule has 1 atom stereocenters. The zero-order chi connectivity index (χ0) is 19.9. The van der Waals surface area contributed by atoms with E-state index < -0.39 is 22.4 Å². The largest absolute Gasteiger partial charge is 0.454 e. The molecular weight excluding hydrogens is 368 g/mol. The number of urea groups is 1. The Morgan fingerprint density at radius 2 is 1.89 bits per heavy atom. The molecule has 1 saturated heterocycles. The van der Waals surface area contributed by atoms with E-state index in [0.29, 0.717) is 16.3 Å². The highest BCUT2D eigenvalue weighted by atomic mass is 16.7. The van der Waals surface area contributed by atoms with E-state index in [1.807, 2.05) is 0 Å². The number of amides is 3. The molecule has 0 aliphatic carbocycles. The zero-order valence-corrected chi connectivity index (χ0v) is 14.6. The van der Waals surface area contributed by atoms with Gasteiger partial charge in [-0.2, -0.15) is 5.10 Å². The van der Waals surface area contributed by atoms with E-state index in [4.69, 9.17) is 9.47 Å². The van der Waals surface area contributed by atoms with Crippen molar-refractivity contribution < 1.29 is 24.0 Å². The highest BCUT2D eigenvalue weighted by Gasteiger charge is 2.49. The van der Waals surface area contributed by atoms with Crippen LogP contribution in [0.3, 0.4) is 0 Å². The fraction of sp³-hybridized carbons (Fsp3) is 0.167. The maximum Gasteiger partial charge on any atom is 0.346 e. The van der Waals surface area contributed by atoms with Gasteiger partial charge in [-0.25, -0.2) is 4.79 Å². The van der Waals surface area contributed by atoms with Gasteiger partial charge in [-0.15, -0.1) is 5.01 Å². The summed E-state index contributed by atoms with van der Waals surface area (Å²) in [5.74, 6) is -0.0304. The number of fused-ring (bicyclic) bond motifs is 1. The summed E-state index contributed by atoms with van der Waals surface area (Å²) in [6.45, 7) is 1.52. The highest BCUT2D eigenvalue weighted by Crippen LogP contribution is 2.37. The van der Waals surface area contributed by atoms with Crippen molar-refractivity contribution in [3.05, 3.63) is 63.7 Å². The third-order valence-corrected chi connectivity index (χ3v) is 4.55. The number of rotatable bonds is 4. The molecule has 2 aliphatic heterocycles. The van der Waals surface area contributed by atoms with Gasteiger partial charge in [0.2, 0.25) is 6.79 Å². The van der Waals surface area contributed by atoms with Crippen LogP contribution < -0.4 is 14.8 Å². The molecule has 4 rings (SSSR count). The fourth-order valence-corrected chi connectivity index (χ4v) is 3.02. The Bertz CT molecular complexity index is 1020. The molecule has 1 N–H and O–H groups in total. The summed E-state index contributed by atoms with van der Waals surface area (Å²) in [5.41, 5.74) is -0.898. The van der Waals surface area contributed by atoms with Crippen LogP contribution in [-0.4, -0.2) is 34.9 Å². The molecule has 0 bridgehead atoms. The molecule has 2 heterocycles. The lowest BCUT2D eigenvalue weighted by Crippen LogP contribution is -2.40. The number of nitrogens with one attached hydrogen (secondary N) is 1. The molecule has 0 spiro atoms. The first kappa shape index (κ1) is 17.5. The summed E-state index contributed by atoms with van der Waals surface area (Å²) in [4.78, 5) is 35.8. The van der Waals surface area contributed by atoms with E-state index >= 15 is 0 Å². The third-order valence-electron chi connectivity index (χ3n) is 4.55. The Labute approximate surface area is 158 Å². The Hall–Kier alpha value is -3.95. The van der Waals surface area contributed by atoms with Gasteiger partial charge in [-0.05, 0) is 18.6 Å². The van der Waals surface area contributed by atoms with Gasteiger partial charge in [0.05, 0.1) is 22.8 Å². The van der Waals surface area contributed by atoms with Crippen molar-refractivity contribution in [2.45, 2.75) is 12.5 Å². The quantitative estimate of drug-likeness (QED) is 0.374. The number of carbonyl (C=O) groups excluding carboxylic acids is 2. The first-order chi connectivity index (χ1) is 13.4. The van der Waals surface area contributed by atoms with Gasteiger partial charge in [0, 0.05) is 0 Å². The van der Waals surface area contributed by atoms with Gasteiger partial charge in [0.25, 0.3) is 11.6 Å². The third kappa shape index (κ3) is 2.71. The first-order valence-electron chi connectivity index (χ1n) is 8.24. The van der Waals surface area contributed by atoms with Crippen LogP contribution in [0.4, 0.5) is 10.5 Å². The van der Waals surface area contributed by atoms with Crippen LogP contribution in [-0.2, 0) is 10.3 Å². The zero-order valence-electron chi connectivity index (χ0n) is 14.6. The minimum Gasteiger partial charge on any atom is -0.454 e. The van der Waals surface area contributed by atoms with E-state index in [1.54, 1.807) is 37.3 Å². The molecule has 0 unspecified atom stereocenters. The van der Waals surface area contributed by atoms with E-state index in [1.165, 1.54) is 12.1 Å². The van der Waals surface area contributed by atoms with Crippen molar-refractivity contribution in [2.75, 3.05) is 6.79 Å². The lowest BCUT2D eigenvalue weighted by Gasteiger charge is -2.20. The van der Waals surface area contributed by atoms with E-state index in [-0.39, 0.29) is 23.8 Å². The average Bonchev–Trinajstić information content (AvgIpc) is 3.23. The van der Waals surface area contributed by atoms with Gasteiger partial charge >= 0.3 is 6.03 Å². The fourth-order valence-electron chi connectivity index (χ4n) is 3.02. The molecular formula is C18H14N4O6. The summed E-state index contributed by atoms with van der Waals surface area (Å²) in [6, 6.07) is 10.6. The Kier molecular flexibility index (Phi) is 3.95. The van der Waals surface area contributed by atoms with Crippen LogP contribution in [0.15, 0.2) is 47.6 Å². The maximum absolute atomic E-state index is 12.8. The average molecular weight is 382 g/mol. The number of benzene rings is 2. The predicted molar refractivity (Wildman–Crippen MR) is 96.0 cm³/mol. The van der Waals surface area contributed by atoms with Crippen LogP contribution in [0.1, 0.15) is 18.1 Å². The molecule has 1 fully saturated rings. The number of hydrazone groups is 1. The van der Waals surface area contributed by atoms with Crippen LogP contribution in [0, 0.1) is 10.1 Å². The molecule has 2 aromatic rings. The van der Waals surface area contributed by atoms with Gasteiger partial charge in [-0.1, -0.05) is 30.3 Å². The standard InChI is InChI=1S/C18H14N4O6/c1-18(12-5-3-2-4-6-12)16(23)21(17(24)20-18)19-9-11-7-14-15(28-10-27-14)8-13(11)22(25)26/h2-9H,10H2,1H3,(H,20,24)/b19-9-/t18-/m1/s1. The molecule has 142 valence electrons.